The molecule has 21 heavy (non-hydrogen) atoms. The van der Waals surface area contributed by atoms with E-state index in [2.05, 4.69) is 21.2 Å². The Hall–Kier alpha value is -1.92. The van der Waals surface area contributed by atoms with Gasteiger partial charge in [0.1, 0.15) is 5.02 Å². The Morgan fingerprint density at radius 1 is 1.24 bits per heavy atom. The topological polar surface area (TPSA) is 72.2 Å². The first-order valence-electron chi connectivity index (χ1n) is 5.94. The van der Waals surface area contributed by atoms with Gasteiger partial charge in [-0.15, -0.1) is 0 Å². The smallest absolute Gasteiger partial charge is 0.289 e. The maximum absolute atomic E-state index is 12.0. The largest absolute Gasteiger partial charge is 0.377 e. The predicted molar refractivity (Wildman–Crippen MR) is 85.1 cm³/mol. The minimum Gasteiger partial charge on any atom is -0.377 e. The molecule has 0 bridgehead atoms. The van der Waals surface area contributed by atoms with Crippen molar-refractivity contribution in [1.29, 1.82) is 0 Å². The number of nitrogens with one attached hydrogen (secondary N) is 1. The van der Waals surface area contributed by atoms with Gasteiger partial charge in [-0.1, -0.05) is 39.7 Å². The first kappa shape index (κ1) is 15.5. The minimum atomic E-state index is -0.565. The molecular weight excluding hydrogens is 360 g/mol. The van der Waals surface area contributed by atoms with Crippen LogP contribution in [0.1, 0.15) is 10.4 Å². The number of nitrogens with zero attached hydrogens (tertiary/aromatic N) is 1. The number of nitro groups is 1. The van der Waals surface area contributed by atoms with Crippen LogP contribution in [0, 0.1) is 10.1 Å². The fourth-order valence-electron chi connectivity index (χ4n) is 1.68. The molecule has 0 aromatic heterocycles. The third-order valence-electron chi connectivity index (χ3n) is 2.76. The summed E-state index contributed by atoms with van der Waals surface area (Å²) in [5.74, 6) is -0.111. The van der Waals surface area contributed by atoms with Crippen LogP contribution in [0.25, 0.3) is 0 Å². The molecule has 1 N–H and O–H groups in total. The molecule has 0 aliphatic rings. The van der Waals surface area contributed by atoms with Gasteiger partial charge in [-0.2, -0.15) is 0 Å². The van der Waals surface area contributed by atoms with E-state index in [9.17, 15) is 14.9 Å². The minimum absolute atomic E-state index is 0.0421. The van der Waals surface area contributed by atoms with Crippen molar-refractivity contribution in [3.8, 4) is 0 Å². The quantitative estimate of drug-likeness (QED) is 0.484. The van der Waals surface area contributed by atoms with E-state index in [4.69, 9.17) is 11.6 Å². The predicted octanol–water partition coefficient (Wildman–Crippen LogP) is 4.31. The summed E-state index contributed by atoms with van der Waals surface area (Å²) in [4.78, 5) is 22.2. The summed E-state index contributed by atoms with van der Waals surface area (Å²) in [6.45, 7) is 0.0421. The number of anilines is 1. The number of carbonyl (C=O) groups excluding carboxylic acids is 1. The third kappa shape index (κ3) is 4.03. The fourth-order valence-corrected chi connectivity index (χ4v) is 2.13. The molecule has 2 rings (SSSR count). The maximum atomic E-state index is 12.0. The van der Waals surface area contributed by atoms with Gasteiger partial charge < -0.3 is 5.32 Å². The lowest BCUT2D eigenvalue weighted by Crippen LogP contribution is -2.14. The normalized spacial score (nSPS) is 10.2. The van der Waals surface area contributed by atoms with Crippen LogP contribution in [0.15, 0.2) is 46.9 Å². The van der Waals surface area contributed by atoms with Crippen LogP contribution in [0.4, 0.5) is 11.4 Å². The van der Waals surface area contributed by atoms with Crippen molar-refractivity contribution in [3.05, 3.63) is 67.6 Å². The van der Waals surface area contributed by atoms with Crippen molar-refractivity contribution in [2.45, 2.75) is 0 Å². The molecule has 0 radical (unpaired) electrons. The fraction of sp³-hybridized carbons (Fsp3) is 0.0714. The first-order chi connectivity index (χ1) is 9.97. The van der Waals surface area contributed by atoms with E-state index in [-0.39, 0.29) is 23.0 Å². The molecule has 5 nitrogen and oxygen atoms in total. The molecule has 7 heteroatoms. The number of rotatable bonds is 5. The summed E-state index contributed by atoms with van der Waals surface area (Å²) in [6.07, 6.45) is 0. The van der Waals surface area contributed by atoms with E-state index in [1.165, 1.54) is 12.1 Å². The van der Waals surface area contributed by atoms with Gasteiger partial charge in [0, 0.05) is 21.8 Å². The van der Waals surface area contributed by atoms with Gasteiger partial charge in [-0.25, -0.2) is 0 Å². The van der Waals surface area contributed by atoms with Crippen LogP contribution in [-0.2, 0) is 0 Å². The zero-order chi connectivity index (χ0) is 15.4. The third-order valence-corrected chi connectivity index (χ3v) is 3.61. The van der Waals surface area contributed by atoms with E-state index in [0.717, 1.165) is 4.47 Å². The van der Waals surface area contributed by atoms with Crippen LogP contribution in [0.2, 0.25) is 5.02 Å². The standard InChI is InChI=1S/C14H10BrClN2O3/c15-10-3-1-9(2-4-10)14(19)8-17-11-5-6-12(16)13(7-11)18(20)21/h1-7,17H,8H2. The second-order valence-corrected chi connectivity index (χ2v) is 5.53. The van der Waals surface area contributed by atoms with Gasteiger partial charge in [0.25, 0.3) is 5.69 Å². The summed E-state index contributed by atoms with van der Waals surface area (Å²) in [5.41, 5.74) is 0.837. The molecule has 0 atom stereocenters. The number of nitro benzene ring substituents is 1. The monoisotopic (exact) mass is 368 g/mol. The molecule has 2 aromatic rings. The van der Waals surface area contributed by atoms with Gasteiger partial charge in [-0.3, -0.25) is 14.9 Å². The molecule has 0 spiro atoms. The highest BCUT2D eigenvalue weighted by Crippen LogP contribution is 2.27. The number of Topliss-reactive ketones (excluding diaryl/α,β-unsaturated/α-hetero) is 1. The van der Waals surface area contributed by atoms with Crippen LogP contribution < -0.4 is 5.32 Å². The molecule has 2 aromatic carbocycles. The van der Waals surface area contributed by atoms with E-state index in [0.29, 0.717) is 11.3 Å². The Balaban J connectivity index is 2.06. The Morgan fingerprint density at radius 3 is 2.52 bits per heavy atom. The van der Waals surface area contributed by atoms with Crippen molar-refractivity contribution in [3.63, 3.8) is 0 Å². The molecular formula is C14H10BrClN2O3. The Kier molecular flexibility index (Phi) is 4.93. The van der Waals surface area contributed by atoms with Gasteiger partial charge in [0.05, 0.1) is 11.5 Å². The number of halogens is 2. The van der Waals surface area contributed by atoms with Gasteiger partial charge in [-0.05, 0) is 24.3 Å². The van der Waals surface area contributed by atoms with Gasteiger partial charge in [0.15, 0.2) is 5.78 Å². The van der Waals surface area contributed by atoms with Gasteiger partial charge >= 0.3 is 0 Å². The van der Waals surface area contributed by atoms with Crippen molar-refractivity contribution in [2.75, 3.05) is 11.9 Å². The average molecular weight is 370 g/mol. The number of benzene rings is 2. The zero-order valence-electron chi connectivity index (χ0n) is 10.7. The van der Waals surface area contributed by atoms with Crippen LogP contribution in [0.5, 0.6) is 0 Å². The molecule has 0 aliphatic heterocycles. The molecule has 0 amide bonds. The van der Waals surface area contributed by atoms with E-state index in [1.807, 2.05) is 0 Å². The highest BCUT2D eigenvalue weighted by Gasteiger charge is 2.13. The van der Waals surface area contributed by atoms with E-state index < -0.39 is 4.92 Å². The second kappa shape index (κ2) is 6.69. The summed E-state index contributed by atoms with van der Waals surface area (Å²) in [5, 5.41) is 13.7. The summed E-state index contributed by atoms with van der Waals surface area (Å²) in [6, 6.07) is 11.3. The van der Waals surface area contributed by atoms with Crippen molar-refractivity contribution < 1.29 is 9.72 Å². The highest BCUT2D eigenvalue weighted by atomic mass is 79.9. The summed E-state index contributed by atoms with van der Waals surface area (Å²) in [7, 11) is 0. The Labute approximate surface area is 134 Å². The van der Waals surface area contributed by atoms with E-state index in [1.54, 1.807) is 30.3 Å². The molecule has 0 saturated carbocycles. The first-order valence-corrected chi connectivity index (χ1v) is 7.11. The lowest BCUT2D eigenvalue weighted by molar-refractivity contribution is -0.384. The van der Waals surface area contributed by atoms with Crippen LogP contribution >= 0.6 is 27.5 Å². The lowest BCUT2D eigenvalue weighted by Gasteiger charge is -2.06. The number of carbonyl (C=O) groups is 1. The molecule has 0 saturated heterocycles. The van der Waals surface area contributed by atoms with Crippen molar-refractivity contribution in [1.82, 2.24) is 0 Å². The van der Waals surface area contributed by atoms with Crippen molar-refractivity contribution in [2.24, 2.45) is 0 Å². The zero-order valence-corrected chi connectivity index (χ0v) is 13.0. The Morgan fingerprint density at radius 2 is 1.90 bits per heavy atom. The van der Waals surface area contributed by atoms with Crippen LogP contribution in [0.3, 0.4) is 0 Å². The summed E-state index contributed by atoms with van der Waals surface area (Å²) >= 11 is 9.02. The van der Waals surface area contributed by atoms with Crippen molar-refractivity contribution >= 4 is 44.7 Å². The average Bonchev–Trinajstić information content (AvgIpc) is 2.46. The van der Waals surface area contributed by atoms with Crippen LogP contribution in [-0.4, -0.2) is 17.3 Å². The number of hydrogen-bond donors (Lipinski definition) is 1. The Bertz CT molecular complexity index is 689. The lowest BCUT2D eigenvalue weighted by atomic mass is 10.1. The molecule has 0 heterocycles. The molecule has 0 fully saturated rings. The summed E-state index contributed by atoms with van der Waals surface area (Å²) < 4.78 is 0.889. The second-order valence-electron chi connectivity index (χ2n) is 4.21. The molecule has 108 valence electrons. The molecule has 0 unspecified atom stereocenters. The van der Waals surface area contributed by atoms with E-state index >= 15 is 0 Å². The number of hydrogen-bond acceptors (Lipinski definition) is 4. The number of ketones is 1. The highest BCUT2D eigenvalue weighted by molar-refractivity contribution is 9.10. The van der Waals surface area contributed by atoms with Gasteiger partial charge in [0.2, 0.25) is 0 Å². The SMILES string of the molecule is O=C(CNc1ccc(Cl)c([N+](=O)[O-])c1)c1ccc(Br)cc1. The molecule has 0 aliphatic carbocycles. The maximum Gasteiger partial charge on any atom is 0.289 e.